The maximum Gasteiger partial charge on any atom is 0.251 e. The molecule has 104 valence electrons. The van der Waals surface area contributed by atoms with Gasteiger partial charge in [-0.1, -0.05) is 18.2 Å². The molecule has 0 aliphatic rings. The van der Waals surface area contributed by atoms with Gasteiger partial charge in [-0.15, -0.1) is 0 Å². The first-order valence-corrected chi connectivity index (χ1v) is 6.13. The number of halogens is 1. The number of para-hydroxylation sites is 1. The van der Waals surface area contributed by atoms with E-state index in [9.17, 15) is 14.3 Å². The summed E-state index contributed by atoms with van der Waals surface area (Å²) in [6.07, 6.45) is 0. The molecule has 0 heterocycles. The number of phenolic OH excluding ortho intramolecular Hbond substituents is 1. The van der Waals surface area contributed by atoms with Crippen molar-refractivity contribution < 1.29 is 14.3 Å². The van der Waals surface area contributed by atoms with Crippen molar-refractivity contribution >= 4 is 11.6 Å². The lowest BCUT2D eigenvalue weighted by molar-refractivity contribution is 0.0996. The van der Waals surface area contributed by atoms with Gasteiger partial charge >= 0.3 is 0 Å². The molecular weight excluding hydrogens is 259 g/mol. The minimum atomic E-state index is -0.818. The summed E-state index contributed by atoms with van der Waals surface area (Å²) in [4.78, 5) is 11.1. The molecule has 2 aromatic carbocycles. The summed E-state index contributed by atoms with van der Waals surface area (Å²) in [5.74, 6) is -1.30. The molecule has 0 aromatic heterocycles. The highest BCUT2D eigenvalue weighted by Crippen LogP contribution is 2.27. The largest absolute Gasteiger partial charge is 0.508 e. The van der Waals surface area contributed by atoms with Gasteiger partial charge in [-0.25, -0.2) is 4.39 Å². The van der Waals surface area contributed by atoms with Crippen molar-refractivity contribution in [2.24, 2.45) is 5.73 Å². The van der Waals surface area contributed by atoms with E-state index in [4.69, 9.17) is 5.73 Å². The van der Waals surface area contributed by atoms with Crippen LogP contribution >= 0.6 is 0 Å². The molecule has 4 nitrogen and oxygen atoms in total. The number of phenols is 1. The number of carbonyl (C=O) groups excluding carboxylic acids is 1. The molecule has 1 amide bonds. The van der Waals surface area contributed by atoms with Crippen molar-refractivity contribution in [3.63, 3.8) is 0 Å². The Balaban J connectivity index is 2.24. The Morgan fingerprint density at radius 1 is 1.30 bits per heavy atom. The van der Waals surface area contributed by atoms with Gasteiger partial charge in [0.05, 0.1) is 11.6 Å². The van der Waals surface area contributed by atoms with Crippen molar-refractivity contribution in [1.29, 1.82) is 0 Å². The average Bonchev–Trinajstić information content (AvgIpc) is 2.41. The number of aromatic hydroxyl groups is 1. The van der Waals surface area contributed by atoms with Gasteiger partial charge < -0.3 is 16.2 Å². The van der Waals surface area contributed by atoms with Crippen molar-refractivity contribution in [3.8, 4) is 5.75 Å². The van der Waals surface area contributed by atoms with Crippen LogP contribution in [-0.4, -0.2) is 11.0 Å². The number of amides is 1. The summed E-state index contributed by atoms with van der Waals surface area (Å²) >= 11 is 0. The molecule has 0 aliphatic heterocycles. The second-order valence-corrected chi connectivity index (χ2v) is 4.48. The van der Waals surface area contributed by atoms with Crippen molar-refractivity contribution in [2.75, 3.05) is 5.32 Å². The van der Waals surface area contributed by atoms with Gasteiger partial charge in [-0.2, -0.15) is 0 Å². The van der Waals surface area contributed by atoms with Crippen LogP contribution in [0.25, 0.3) is 0 Å². The van der Waals surface area contributed by atoms with Crippen LogP contribution in [0, 0.1) is 5.82 Å². The second kappa shape index (κ2) is 5.61. The fourth-order valence-electron chi connectivity index (χ4n) is 1.99. The van der Waals surface area contributed by atoms with E-state index in [1.54, 1.807) is 18.2 Å². The van der Waals surface area contributed by atoms with E-state index < -0.39 is 11.7 Å². The summed E-state index contributed by atoms with van der Waals surface area (Å²) < 4.78 is 13.4. The molecule has 0 aliphatic carbocycles. The van der Waals surface area contributed by atoms with Gasteiger partial charge in [0.1, 0.15) is 11.6 Å². The maximum absolute atomic E-state index is 13.4. The summed E-state index contributed by atoms with van der Waals surface area (Å²) in [6, 6.07) is 10.8. The van der Waals surface area contributed by atoms with Crippen molar-refractivity contribution in [3.05, 3.63) is 59.4 Å². The molecule has 2 aromatic rings. The third kappa shape index (κ3) is 2.88. The van der Waals surface area contributed by atoms with Gasteiger partial charge in [-0.05, 0) is 31.2 Å². The van der Waals surface area contributed by atoms with E-state index in [1.165, 1.54) is 18.2 Å². The Morgan fingerprint density at radius 3 is 2.65 bits per heavy atom. The first kappa shape index (κ1) is 13.9. The van der Waals surface area contributed by atoms with Crippen LogP contribution in [0.1, 0.15) is 28.9 Å². The zero-order chi connectivity index (χ0) is 14.7. The predicted molar refractivity (Wildman–Crippen MR) is 75.1 cm³/mol. The molecule has 1 unspecified atom stereocenters. The third-order valence-electron chi connectivity index (χ3n) is 3.02. The summed E-state index contributed by atoms with van der Waals surface area (Å²) in [5, 5.41) is 12.9. The Bertz CT molecular complexity index is 644. The smallest absolute Gasteiger partial charge is 0.251 e. The minimum Gasteiger partial charge on any atom is -0.508 e. The molecule has 5 heteroatoms. The van der Waals surface area contributed by atoms with Crippen LogP contribution in [0.4, 0.5) is 10.1 Å². The van der Waals surface area contributed by atoms with Crippen LogP contribution in [0.5, 0.6) is 5.75 Å². The van der Waals surface area contributed by atoms with E-state index in [0.29, 0.717) is 11.3 Å². The highest BCUT2D eigenvalue weighted by Gasteiger charge is 2.12. The molecule has 1 atom stereocenters. The lowest BCUT2D eigenvalue weighted by Crippen LogP contribution is -2.14. The van der Waals surface area contributed by atoms with Crippen LogP contribution < -0.4 is 11.1 Å². The van der Waals surface area contributed by atoms with Crippen LogP contribution in [-0.2, 0) is 0 Å². The summed E-state index contributed by atoms with van der Waals surface area (Å²) in [5.41, 5.74) is 6.19. The normalized spacial score (nSPS) is 11.9. The number of hydrogen-bond acceptors (Lipinski definition) is 3. The summed E-state index contributed by atoms with van der Waals surface area (Å²) in [6.45, 7) is 1.85. The molecular formula is C15H15FN2O2. The number of anilines is 1. The first-order valence-electron chi connectivity index (χ1n) is 6.13. The third-order valence-corrected chi connectivity index (χ3v) is 3.02. The number of primary amides is 1. The number of hydrogen-bond donors (Lipinski definition) is 3. The number of rotatable bonds is 4. The van der Waals surface area contributed by atoms with Gasteiger partial charge in [-0.3, -0.25) is 4.79 Å². The molecule has 20 heavy (non-hydrogen) atoms. The quantitative estimate of drug-likeness (QED) is 0.802. The maximum atomic E-state index is 13.4. The zero-order valence-electron chi connectivity index (χ0n) is 10.9. The number of carbonyl (C=O) groups is 1. The van der Waals surface area contributed by atoms with E-state index in [2.05, 4.69) is 5.32 Å². The van der Waals surface area contributed by atoms with E-state index in [1.807, 2.05) is 13.0 Å². The van der Waals surface area contributed by atoms with Crippen molar-refractivity contribution in [2.45, 2.75) is 13.0 Å². The average molecular weight is 274 g/mol. The van der Waals surface area contributed by atoms with E-state index >= 15 is 0 Å². The van der Waals surface area contributed by atoms with Crippen molar-refractivity contribution in [1.82, 2.24) is 0 Å². The molecule has 4 N–H and O–H groups in total. The predicted octanol–water partition coefficient (Wildman–Crippen LogP) is 2.80. The molecule has 0 fully saturated rings. The monoisotopic (exact) mass is 274 g/mol. The SMILES string of the molecule is CC(Nc1ccc(F)c(C(N)=O)c1)c1ccccc1O. The van der Waals surface area contributed by atoms with Gasteiger partial charge in [0, 0.05) is 11.3 Å². The van der Waals surface area contributed by atoms with E-state index in [-0.39, 0.29) is 17.4 Å². The number of nitrogens with two attached hydrogens (primary N) is 1. The van der Waals surface area contributed by atoms with Crippen LogP contribution in [0.2, 0.25) is 0 Å². The fourth-order valence-corrected chi connectivity index (χ4v) is 1.99. The van der Waals surface area contributed by atoms with E-state index in [0.717, 1.165) is 0 Å². The Hall–Kier alpha value is -2.56. The first-order chi connectivity index (χ1) is 9.49. The van der Waals surface area contributed by atoms with Gasteiger partial charge in [0.25, 0.3) is 5.91 Å². The Labute approximate surface area is 116 Å². The van der Waals surface area contributed by atoms with Gasteiger partial charge in [0.15, 0.2) is 0 Å². The number of nitrogens with one attached hydrogen (secondary N) is 1. The van der Waals surface area contributed by atoms with Crippen LogP contribution in [0.3, 0.4) is 0 Å². The Morgan fingerprint density at radius 2 is 2.00 bits per heavy atom. The molecule has 0 spiro atoms. The lowest BCUT2D eigenvalue weighted by Gasteiger charge is -2.17. The van der Waals surface area contributed by atoms with Crippen LogP contribution in [0.15, 0.2) is 42.5 Å². The highest BCUT2D eigenvalue weighted by atomic mass is 19.1. The van der Waals surface area contributed by atoms with Gasteiger partial charge in [0.2, 0.25) is 0 Å². The second-order valence-electron chi connectivity index (χ2n) is 4.48. The molecule has 0 saturated heterocycles. The minimum absolute atomic E-state index is 0.167. The highest BCUT2D eigenvalue weighted by molar-refractivity contribution is 5.94. The summed E-state index contributed by atoms with van der Waals surface area (Å²) in [7, 11) is 0. The topological polar surface area (TPSA) is 75.3 Å². The molecule has 2 rings (SSSR count). The zero-order valence-corrected chi connectivity index (χ0v) is 10.9. The lowest BCUT2D eigenvalue weighted by atomic mass is 10.1. The Kier molecular flexibility index (Phi) is 3.89. The number of benzene rings is 2. The molecule has 0 saturated carbocycles. The molecule has 0 radical (unpaired) electrons. The molecule has 0 bridgehead atoms. The fraction of sp³-hybridized carbons (Fsp3) is 0.133. The standard InChI is InChI=1S/C15H15FN2O2/c1-9(11-4-2-3-5-14(11)19)18-10-6-7-13(16)12(8-10)15(17)20/h2-9,18-19H,1H3,(H2,17,20).